The molecule has 0 saturated heterocycles. The van der Waals surface area contributed by atoms with Crippen molar-refractivity contribution in [2.24, 2.45) is 0 Å². The minimum atomic E-state index is -0.798. The number of rotatable bonds is 3. The fourth-order valence-corrected chi connectivity index (χ4v) is 2.55. The SMILES string of the molecule is CC(C)(C)N(NC(=O)c1ccc(Cl)cc1[N+](=O)[O-])C(=O)c1ccc(Cl)cc1. The van der Waals surface area contributed by atoms with Gasteiger partial charge in [-0.15, -0.1) is 0 Å². The number of nitro groups is 1. The highest BCUT2D eigenvalue weighted by Crippen LogP contribution is 2.24. The number of nitro benzene ring substituents is 1. The van der Waals surface area contributed by atoms with Gasteiger partial charge in [-0.25, -0.2) is 5.01 Å². The summed E-state index contributed by atoms with van der Waals surface area (Å²) >= 11 is 11.6. The molecule has 27 heavy (non-hydrogen) atoms. The lowest BCUT2D eigenvalue weighted by molar-refractivity contribution is -0.385. The third kappa shape index (κ3) is 4.96. The summed E-state index contributed by atoms with van der Waals surface area (Å²) in [5, 5.41) is 12.9. The molecule has 2 amide bonds. The van der Waals surface area contributed by atoms with Crippen LogP contribution < -0.4 is 5.43 Å². The highest BCUT2D eigenvalue weighted by Gasteiger charge is 2.31. The second-order valence-electron chi connectivity index (χ2n) is 6.68. The number of hydrazine groups is 1. The molecular weight excluding hydrogens is 393 g/mol. The number of carbonyl (C=O) groups excluding carboxylic acids is 2. The van der Waals surface area contributed by atoms with Crippen LogP contribution in [0.3, 0.4) is 0 Å². The average Bonchev–Trinajstić information content (AvgIpc) is 2.58. The lowest BCUT2D eigenvalue weighted by Gasteiger charge is -2.35. The second-order valence-corrected chi connectivity index (χ2v) is 7.55. The van der Waals surface area contributed by atoms with E-state index in [-0.39, 0.29) is 10.6 Å². The standard InChI is InChI=1S/C18H17Cl2N3O4/c1-18(2,3)22(17(25)11-4-6-12(19)7-5-11)21-16(24)14-9-8-13(20)10-15(14)23(26)27/h4-10H,1-3H3,(H,21,24). The van der Waals surface area contributed by atoms with Crippen LogP contribution in [-0.4, -0.2) is 27.3 Å². The van der Waals surface area contributed by atoms with Gasteiger partial charge in [0.05, 0.1) is 10.5 Å². The van der Waals surface area contributed by atoms with Gasteiger partial charge >= 0.3 is 0 Å². The minimum Gasteiger partial charge on any atom is -0.267 e. The molecule has 2 aromatic rings. The van der Waals surface area contributed by atoms with Gasteiger partial charge in [-0.1, -0.05) is 23.2 Å². The number of hydrogen-bond donors (Lipinski definition) is 1. The van der Waals surface area contributed by atoms with Crippen LogP contribution in [0.15, 0.2) is 42.5 Å². The molecule has 0 bridgehead atoms. The summed E-state index contributed by atoms with van der Waals surface area (Å²) in [6.45, 7) is 5.16. The molecule has 2 aromatic carbocycles. The second kappa shape index (κ2) is 7.94. The molecule has 0 saturated carbocycles. The summed E-state index contributed by atoms with van der Waals surface area (Å²) < 4.78 is 0. The Balaban J connectivity index is 2.37. The Morgan fingerprint density at radius 1 is 1.04 bits per heavy atom. The Bertz CT molecular complexity index is 892. The van der Waals surface area contributed by atoms with Crippen molar-refractivity contribution in [3.05, 3.63) is 73.8 Å². The monoisotopic (exact) mass is 409 g/mol. The molecule has 0 aliphatic rings. The number of nitrogens with zero attached hydrogens (tertiary/aromatic N) is 2. The first kappa shape index (κ1) is 20.7. The van der Waals surface area contributed by atoms with E-state index in [0.29, 0.717) is 10.6 Å². The predicted octanol–water partition coefficient (Wildman–Crippen LogP) is 4.49. The Labute approximate surface area is 166 Å². The number of hydrogen-bond acceptors (Lipinski definition) is 4. The molecule has 0 fully saturated rings. The van der Waals surface area contributed by atoms with Gasteiger partial charge in [-0.3, -0.25) is 25.1 Å². The van der Waals surface area contributed by atoms with Gasteiger partial charge < -0.3 is 0 Å². The minimum absolute atomic E-state index is 0.128. The first-order valence-electron chi connectivity index (χ1n) is 7.86. The fourth-order valence-electron chi connectivity index (χ4n) is 2.25. The molecule has 0 aliphatic carbocycles. The van der Waals surface area contributed by atoms with Crippen LogP contribution in [0.2, 0.25) is 10.0 Å². The topological polar surface area (TPSA) is 92.6 Å². The highest BCUT2D eigenvalue weighted by atomic mass is 35.5. The Morgan fingerprint density at radius 3 is 2.11 bits per heavy atom. The van der Waals surface area contributed by atoms with Crippen LogP contribution in [0.5, 0.6) is 0 Å². The zero-order valence-corrected chi connectivity index (χ0v) is 16.3. The van der Waals surface area contributed by atoms with Crippen LogP contribution >= 0.6 is 23.2 Å². The van der Waals surface area contributed by atoms with Gasteiger partial charge in [-0.05, 0) is 57.2 Å². The Hall–Kier alpha value is -2.64. The zero-order valence-electron chi connectivity index (χ0n) is 14.8. The van der Waals surface area contributed by atoms with Gasteiger partial charge in [-0.2, -0.15) is 0 Å². The fraction of sp³-hybridized carbons (Fsp3) is 0.222. The molecule has 2 rings (SSSR count). The molecule has 0 radical (unpaired) electrons. The summed E-state index contributed by atoms with van der Waals surface area (Å²) in [4.78, 5) is 36.0. The maximum absolute atomic E-state index is 12.9. The normalized spacial score (nSPS) is 11.0. The molecule has 0 heterocycles. The Kier molecular flexibility index (Phi) is 6.08. The molecule has 0 aromatic heterocycles. The lowest BCUT2D eigenvalue weighted by Crippen LogP contribution is -2.55. The van der Waals surface area contributed by atoms with Gasteiger partial charge in [0.15, 0.2) is 0 Å². The summed E-state index contributed by atoms with van der Waals surface area (Å²) in [5.74, 6) is -1.28. The van der Waals surface area contributed by atoms with Crippen LogP contribution in [0.25, 0.3) is 0 Å². The van der Waals surface area contributed by atoms with Crippen LogP contribution in [0, 0.1) is 10.1 Å². The zero-order chi connectivity index (χ0) is 20.4. The van der Waals surface area contributed by atoms with Gasteiger partial charge in [0.25, 0.3) is 17.5 Å². The van der Waals surface area contributed by atoms with Gasteiger partial charge in [0.1, 0.15) is 5.56 Å². The highest BCUT2D eigenvalue weighted by molar-refractivity contribution is 6.31. The molecule has 142 valence electrons. The molecule has 7 nitrogen and oxygen atoms in total. The maximum atomic E-state index is 12.9. The summed E-state index contributed by atoms with van der Waals surface area (Å²) in [5.41, 5.74) is 1.32. The molecule has 0 spiro atoms. The smallest absolute Gasteiger partial charge is 0.267 e. The van der Waals surface area contributed by atoms with E-state index in [1.54, 1.807) is 32.9 Å². The van der Waals surface area contributed by atoms with Crippen molar-refractivity contribution in [3.8, 4) is 0 Å². The van der Waals surface area contributed by atoms with Crippen LogP contribution in [-0.2, 0) is 0 Å². The van der Waals surface area contributed by atoms with E-state index in [4.69, 9.17) is 23.2 Å². The van der Waals surface area contributed by atoms with E-state index in [2.05, 4.69) is 5.43 Å². The predicted molar refractivity (Wildman–Crippen MR) is 103 cm³/mol. The van der Waals surface area contributed by atoms with Gasteiger partial charge in [0, 0.05) is 21.7 Å². The average molecular weight is 410 g/mol. The van der Waals surface area contributed by atoms with Crippen molar-refractivity contribution in [2.45, 2.75) is 26.3 Å². The number of nitrogens with one attached hydrogen (secondary N) is 1. The third-order valence-electron chi connectivity index (χ3n) is 3.58. The maximum Gasteiger partial charge on any atom is 0.283 e. The Morgan fingerprint density at radius 2 is 1.59 bits per heavy atom. The van der Waals surface area contributed by atoms with Crippen molar-refractivity contribution < 1.29 is 14.5 Å². The first-order valence-corrected chi connectivity index (χ1v) is 8.61. The van der Waals surface area contributed by atoms with Gasteiger partial charge in [0.2, 0.25) is 0 Å². The summed E-state index contributed by atoms with van der Waals surface area (Å²) in [7, 11) is 0. The quantitative estimate of drug-likeness (QED) is 0.596. The number of halogens is 2. The molecule has 0 aliphatic heterocycles. The van der Waals surface area contributed by atoms with E-state index in [0.717, 1.165) is 11.1 Å². The summed E-state index contributed by atoms with van der Waals surface area (Å²) in [6, 6.07) is 9.86. The van der Waals surface area contributed by atoms with Crippen LogP contribution in [0.1, 0.15) is 41.5 Å². The van der Waals surface area contributed by atoms with Crippen molar-refractivity contribution in [2.75, 3.05) is 0 Å². The van der Waals surface area contributed by atoms with Crippen molar-refractivity contribution in [1.29, 1.82) is 0 Å². The molecular formula is C18H17Cl2N3O4. The molecule has 9 heteroatoms. The van der Waals surface area contributed by atoms with Crippen LogP contribution in [0.4, 0.5) is 5.69 Å². The first-order chi connectivity index (χ1) is 12.5. The van der Waals surface area contributed by atoms with E-state index >= 15 is 0 Å². The van der Waals surface area contributed by atoms with Crippen molar-refractivity contribution >= 4 is 40.7 Å². The largest absolute Gasteiger partial charge is 0.283 e. The third-order valence-corrected chi connectivity index (χ3v) is 4.07. The van der Waals surface area contributed by atoms with Crippen molar-refractivity contribution in [1.82, 2.24) is 10.4 Å². The number of amides is 2. The lowest BCUT2D eigenvalue weighted by atomic mass is 10.1. The molecule has 1 N–H and O–H groups in total. The summed E-state index contributed by atoms with van der Waals surface area (Å²) in [6.07, 6.45) is 0. The van der Waals surface area contributed by atoms with E-state index in [9.17, 15) is 19.7 Å². The van der Waals surface area contributed by atoms with E-state index < -0.39 is 28.0 Å². The number of benzene rings is 2. The number of carbonyl (C=O) groups is 2. The molecule has 0 atom stereocenters. The van der Waals surface area contributed by atoms with E-state index in [1.807, 2.05) is 0 Å². The van der Waals surface area contributed by atoms with E-state index in [1.165, 1.54) is 24.3 Å². The molecule has 0 unspecified atom stereocenters. The van der Waals surface area contributed by atoms with Crippen molar-refractivity contribution in [3.63, 3.8) is 0 Å².